The molecule has 0 N–H and O–H groups in total. The lowest BCUT2D eigenvalue weighted by Gasteiger charge is -2.37. The highest BCUT2D eigenvalue weighted by Gasteiger charge is 2.28. The summed E-state index contributed by atoms with van der Waals surface area (Å²) in [5.74, 6) is 0. The van der Waals surface area contributed by atoms with Gasteiger partial charge in [-0.3, -0.25) is 4.90 Å². The summed E-state index contributed by atoms with van der Waals surface area (Å²) >= 11 is 1.64. The Balaban J connectivity index is 2.13. The fourth-order valence-electron chi connectivity index (χ4n) is 2.23. The van der Waals surface area contributed by atoms with Crippen LogP contribution in [0.1, 0.15) is 25.5 Å². The molecule has 2 rings (SSSR count). The molecule has 1 saturated heterocycles. The highest BCUT2D eigenvalue weighted by Crippen LogP contribution is 2.25. The Kier molecular flexibility index (Phi) is 3.59. The third-order valence-electron chi connectivity index (χ3n) is 2.79. The zero-order chi connectivity index (χ0) is 11.5. The number of ether oxygens (including phenoxy) is 1. The summed E-state index contributed by atoms with van der Waals surface area (Å²) in [7, 11) is 0. The van der Waals surface area contributed by atoms with E-state index in [2.05, 4.69) is 30.2 Å². The molecule has 1 aromatic rings. The molecule has 0 bridgehead atoms. The van der Waals surface area contributed by atoms with Crippen LogP contribution >= 0.6 is 11.3 Å². The summed E-state index contributed by atoms with van der Waals surface area (Å²) < 4.78 is 5.68. The van der Waals surface area contributed by atoms with Crippen molar-refractivity contribution in [2.45, 2.75) is 32.1 Å². The van der Waals surface area contributed by atoms with Crippen LogP contribution in [0.25, 0.3) is 0 Å². The third kappa shape index (κ3) is 2.43. The van der Waals surface area contributed by atoms with E-state index in [1.54, 1.807) is 11.3 Å². The van der Waals surface area contributed by atoms with E-state index in [1.807, 2.05) is 11.4 Å². The van der Waals surface area contributed by atoms with Crippen LogP contribution in [0.5, 0.6) is 0 Å². The Hall–Kier alpha value is -0.890. The van der Waals surface area contributed by atoms with Crippen molar-refractivity contribution in [2.75, 3.05) is 13.1 Å². The molecule has 16 heavy (non-hydrogen) atoms. The van der Waals surface area contributed by atoms with E-state index in [1.165, 1.54) is 0 Å². The van der Waals surface area contributed by atoms with Crippen molar-refractivity contribution in [1.29, 1.82) is 5.26 Å². The highest BCUT2D eigenvalue weighted by atomic mass is 32.1. The average molecular weight is 236 g/mol. The Morgan fingerprint density at radius 1 is 1.50 bits per heavy atom. The number of hydrogen-bond acceptors (Lipinski definition) is 4. The molecule has 3 unspecified atom stereocenters. The van der Waals surface area contributed by atoms with E-state index in [9.17, 15) is 5.26 Å². The SMILES string of the molecule is CC1CN(C(C#N)c2ccsc2)CC(C)O1. The first-order valence-electron chi connectivity index (χ1n) is 5.52. The molecule has 1 aliphatic heterocycles. The zero-order valence-corrected chi connectivity index (χ0v) is 10.4. The molecule has 0 amide bonds. The fourth-order valence-corrected chi connectivity index (χ4v) is 2.90. The lowest BCUT2D eigenvalue weighted by atomic mass is 10.1. The van der Waals surface area contributed by atoms with Gasteiger partial charge in [0.2, 0.25) is 0 Å². The van der Waals surface area contributed by atoms with E-state index >= 15 is 0 Å². The highest BCUT2D eigenvalue weighted by molar-refractivity contribution is 7.08. The Bertz CT molecular complexity index is 361. The van der Waals surface area contributed by atoms with Crippen LogP contribution < -0.4 is 0 Å². The van der Waals surface area contributed by atoms with Crippen molar-refractivity contribution in [2.24, 2.45) is 0 Å². The largest absolute Gasteiger partial charge is 0.373 e. The minimum absolute atomic E-state index is 0.125. The molecule has 0 aromatic carbocycles. The van der Waals surface area contributed by atoms with Gasteiger partial charge < -0.3 is 4.74 Å². The van der Waals surface area contributed by atoms with Gasteiger partial charge in [-0.05, 0) is 36.2 Å². The van der Waals surface area contributed by atoms with E-state index in [0.29, 0.717) is 0 Å². The van der Waals surface area contributed by atoms with Gasteiger partial charge in [0.25, 0.3) is 0 Å². The first-order valence-corrected chi connectivity index (χ1v) is 6.46. The Morgan fingerprint density at radius 2 is 2.19 bits per heavy atom. The van der Waals surface area contributed by atoms with Crippen LogP contribution in [0, 0.1) is 11.3 Å². The summed E-state index contributed by atoms with van der Waals surface area (Å²) in [4.78, 5) is 2.21. The summed E-state index contributed by atoms with van der Waals surface area (Å²) in [5.41, 5.74) is 1.11. The van der Waals surface area contributed by atoms with Gasteiger partial charge in [0.15, 0.2) is 0 Å². The molecular weight excluding hydrogens is 220 g/mol. The predicted octanol–water partition coefficient (Wildman–Crippen LogP) is 2.42. The van der Waals surface area contributed by atoms with Gasteiger partial charge in [0.05, 0.1) is 18.3 Å². The van der Waals surface area contributed by atoms with Gasteiger partial charge in [-0.15, -0.1) is 0 Å². The molecule has 3 atom stereocenters. The quantitative estimate of drug-likeness (QED) is 0.791. The van der Waals surface area contributed by atoms with Crippen LogP contribution in [-0.2, 0) is 4.74 Å². The van der Waals surface area contributed by atoms with Crippen LogP contribution in [0.3, 0.4) is 0 Å². The fraction of sp³-hybridized carbons (Fsp3) is 0.583. The molecular formula is C12H16N2OS. The Morgan fingerprint density at radius 3 is 2.69 bits per heavy atom. The zero-order valence-electron chi connectivity index (χ0n) is 9.59. The lowest BCUT2D eigenvalue weighted by Crippen LogP contribution is -2.46. The standard InChI is InChI=1S/C12H16N2OS/c1-9-6-14(7-10(2)15-9)12(5-13)11-3-4-16-8-11/h3-4,8-10,12H,6-7H2,1-2H3. The molecule has 0 aliphatic carbocycles. The summed E-state index contributed by atoms with van der Waals surface area (Å²) in [6.07, 6.45) is 0.413. The second-order valence-corrected chi connectivity index (χ2v) is 5.08. The van der Waals surface area contributed by atoms with Crippen LogP contribution in [0.15, 0.2) is 16.8 Å². The van der Waals surface area contributed by atoms with Gasteiger partial charge >= 0.3 is 0 Å². The molecule has 0 saturated carbocycles. The number of nitrogens with zero attached hydrogens (tertiary/aromatic N) is 2. The molecule has 3 nitrogen and oxygen atoms in total. The maximum absolute atomic E-state index is 9.29. The molecule has 86 valence electrons. The van der Waals surface area contributed by atoms with Gasteiger partial charge in [-0.2, -0.15) is 16.6 Å². The number of nitriles is 1. The van der Waals surface area contributed by atoms with Gasteiger partial charge in [-0.1, -0.05) is 0 Å². The monoisotopic (exact) mass is 236 g/mol. The van der Waals surface area contributed by atoms with E-state index < -0.39 is 0 Å². The van der Waals surface area contributed by atoms with Crippen LogP contribution in [0.4, 0.5) is 0 Å². The Labute approximate surface area is 100 Å². The summed E-state index contributed by atoms with van der Waals surface area (Å²) in [6.45, 7) is 5.78. The molecule has 2 heterocycles. The normalized spacial score (nSPS) is 28.6. The molecule has 0 radical (unpaired) electrons. The van der Waals surface area contributed by atoms with Crippen molar-refractivity contribution < 1.29 is 4.74 Å². The van der Waals surface area contributed by atoms with E-state index in [-0.39, 0.29) is 18.2 Å². The minimum Gasteiger partial charge on any atom is -0.373 e. The molecule has 1 fully saturated rings. The van der Waals surface area contributed by atoms with Crippen LogP contribution in [-0.4, -0.2) is 30.2 Å². The summed E-state index contributed by atoms with van der Waals surface area (Å²) in [6, 6.07) is 4.30. The average Bonchev–Trinajstić information content (AvgIpc) is 2.70. The second-order valence-electron chi connectivity index (χ2n) is 4.30. The van der Waals surface area contributed by atoms with Gasteiger partial charge in [0, 0.05) is 13.1 Å². The smallest absolute Gasteiger partial charge is 0.124 e. The number of rotatable bonds is 2. The van der Waals surface area contributed by atoms with Crippen molar-refractivity contribution in [3.05, 3.63) is 22.4 Å². The maximum Gasteiger partial charge on any atom is 0.124 e. The molecule has 1 aliphatic rings. The molecule has 0 spiro atoms. The predicted molar refractivity (Wildman–Crippen MR) is 64.3 cm³/mol. The summed E-state index contributed by atoms with van der Waals surface area (Å²) in [5, 5.41) is 13.4. The number of thiophene rings is 1. The van der Waals surface area contributed by atoms with Crippen molar-refractivity contribution >= 4 is 11.3 Å². The molecule has 4 heteroatoms. The maximum atomic E-state index is 9.29. The van der Waals surface area contributed by atoms with Crippen LogP contribution in [0.2, 0.25) is 0 Å². The molecule has 1 aromatic heterocycles. The number of morpholine rings is 1. The van der Waals surface area contributed by atoms with Crippen molar-refractivity contribution in [1.82, 2.24) is 4.90 Å². The van der Waals surface area contributed by atoms with Gasteiger partial charge in [-0.25, -0.2) is 0 Å². The van der Waals surface area contributed by atoms with Crippen molar-refractivity contribution in [3.8, 4) is 6.07 Å². The second kappa shape index (κ2) is 4.96. The first kappa shape index (κ1) is 11.6. The topological polar surface area (TPSA) is 36.3 Å². The first-order chi connectivity index (χ1) is 7.70. The number of hydrogen-bond donors (Lipinski definition) is 0. The van der Waals surface area contributed by atoms with Crippen molar-refractivity contribution in [3.63, 3.8) is 0 Å². The van der Waals surface area contributed by atoms with E-state index in [4.69, 9.17) is 4.74 Å². The van der Waals surface area contributed by atoms with Gasteiger partial charge in [0.1, 0.15) is 6.04 Å². The lowest BCUT2D eigenvalue weighted by molar-refractivity contribution is -0.0749. The third-order valence-corrected chi connectivity index (χ3v) is 3.50. The van der Waals surface area contributed by atoms with E-state index in [0.717, 1.165) is 18.7 Å². The minimum atomic E-state index is -0.125.